The molecule has 2 aliphatic carbocycles. The Balaban J connectivity index is 1.22. The third-order valence-electron chi connectivity index (χ3n) is 7.58. The number of hydrogen-bond donors (Lipinski definition) is 2. The van der Waals surface area contributed by atoms with Gasteiger partial charge in [-0.25, -0.2) is 14.1 Å². The van der Waals surface area contributed by atoms with E-state index in [0.29, 0.717) is 18.8 Å². The van der Waals surface area contributed by atoms with Crippen molar-refractivity contribution in [3.05, 3.63) is 75.9 Å². The number of nitrogens with one attached hydrogen (secondary N) is 2. The van der Waals surface area contributed by atoms with Crippen molar-refractivity contribution in [1.29, 1.82) is 0 Å². The number of rotatable bonds is 8. The van der Waals surface area contributed by atoms with Gasteiger partial charge < -0.3 is 10.6 Å². The molecule has 194 valence electrons. The van der Waals surface area contributed by atoms with Crippen molar-refractivity contribution >= 4 is 35.0 Å². The Morgan fingerprint density at radius 2 is 1.92 bits per heavy atom. The highest BCUT2D eigenvalue weighted by Gasteiger charge is 2.50. The first-order valence-electron chi connectivity index (χ1n) is 12.4. The summed E-state index contributed by atoms with van der Waals surface area (Å²) in [4.78, 5) is 30.3. The number of aromatic nitrogens is 3. The van der Waals surface area contributed by atoms with Crippen LogP contribution in [0.25, 0.3) is 5.82 Å². The van der Waals surface area contributed by atoms with E-state index in [2.05, 4.69) is 20.7 Å². The van der Waals surface area contributed by atoms with Crippen LogP contribution in [0.1, 0.15) is 56.2 Å². The molecular weight excluding hydrogens is 516 g/mol. The zero-order valence-electron chi connectivity index (χ0n) is 20.4. The lowest BCUT2D eigenvalue weighted by molar-refractivity contribution is -0.128. The molecule has 0 spiro atoms. The highest BCUT2D eigenvalue weighted by molar-refractivity contribution is 6.42. The Morgan fingerprint density at radius 3 is 2.59 bits per heavy atom. The quantitative estimate of drug-likeness (QED) is 0.372. The van der Waals surface area contributed by atoms with Gasteiger partial charge in [-0.3, -0.25) is 9.59 Å². The van der Waals surface area contributed by atoms with E-state index in [0.717, 1.165) is 31.2 Å². The Morgan fingerprint density at radius 1 is 1.16 bits per heavy atom. The molecule has 0 saturated heterocycles. The lowest BCUT2D eigenvalue weighted by Crippen LogP contribution is -2.40. The molecule has 1 aromatic carbocycles. The first-order valence-corrected chi connectivity index (χ1v) is 13.2. The maximum Gasteiger partial charge on any atom is 0.224 e. The molecule has 0 radical (unpaired) electrons. The molecule has 2 saturated carbocycles. The van der Waals surface area contributed by atoms with Crippen molar-refractivity contribution in [3.8, 4) is 5.82 Å². The molecule has 2 fully saturated rings. The number of nitrogens with zero attached hydrogens (tertiary/aromatic N) is 3. The average Bonchev–Trinajstić information content (AvgIpc) is 3.27. The van der Waals surface area contributed by atoms with Crippen LogP contribution in [0.15, 0.2) is 48.9 Å². The fraction of sp³-hybridized carbons (Fsp3) is 0.407. The topological polar surface area (TPSA) is 88.9 Å². The molecule has 3 atom stereocenters. The minimum atomic E-state index is -0.627. The van der Waals surface area contributed by atoms with Crippen LogP contribution < -0.4 is 10.6 Å². The van der Waals surface area contributed by atoms with E-state index < -0.39 is 23.7 Å². The molecule has 37 heavy (non-hydrogen) atoms. The van der Waals surface area contributed by atoms with Gasteiger partial charge in [0.05, 0.1) is 27.9 Å². The maximum atomic E-state index is 15.0. The lowest BCUT2D eigenvalue weighted by Gasteiger charge is -2.36. The van der Waals surface area contributed by atoms with E-state index in [1.165, 1.54) is 12.1 Å². The molecule has 0 bridgehead atoms. The Bertz CT molecular complexity index is 1290. The number of pyridine rings is 1. The summed E-state index contributed by atoms with van der Waals surface area (Å²) in [5.74, 6) is -1.15. The molecular formula is C27H28Cl2FN5O2. The predicted molar refractivity (Wildman–Crippen MR) is 139 cm³/mol. The zero-order chi connectivity index (χ0) is 26.2. The summed E-state index contributed by atoms with van der Waals surface area (Å²) >= 11 is 12.6. The standard InChI is InChI=1S/C27H28Cl2FN5O2/c1-27(9-2-3-10-27)24(22-20(30)7-6-19(28)23(22)29)34-26(37)18-13-17(18)25(36)32-15-16-5-8-21(31-14-16)35-12-4-11-33-35/h4-8,11-12,14,17-18,24H,2-3,9-10,13,15H2,1H3,(H,32,36)(H,34,37)/t17-,18-,24+/m0/s1. The van der Waals surface area contributed by atoms with Crippen LogP contribution in [-0.4, -0.2) is 26.6 Å². The maximum absolute atomic E-state index is 15.0. The first-order chi connectivity index (χ1) is 17.8. The Hall–Kier alpha value is -2.97. The minimum absolute atomic E-state index is 0.123. The number of halogens is 3. The summed E-state index contributed by atoms with van der Waals surface area (Å²) in [5.41, 5.74) is 0.707. The van der Waals surface area contributed by atoms with Crippen LogP contribution >= 0.6 is 23.2 Å². The molecule has 10 heteroatoms. The monoisotopic (exact) mass is 543 g/mol. The zero-order valence-corrected chi connectivity index (χ0v) is 21.9. The van der Waals surface area contributed by atoms with Crippen LogP contribution in [0.5, 0.6) is 0 Å². The predicted octanol–water partition coefficient (Wildman–Crippen LogP) is 5.40. The number of benzene rings is 1. The summed E-state index contributed by atoms with van der Waals surface area (Å²) in [6.07, 6.45) is 9.27. The van der Waals surface area contributed by atoms with Crippen LogP contribution in [0, 0.1) is 23.1 Å². The third-order valence-corrected chi connectivity index (χ3v) is 8.40. The van der Waals surface area contributed by atoms with Crippen molar-refractivity contribution in [2.45, 2.75) is 51.6 Å². The molecule has 7 nitrogen and oxygen atoms in total. The second-order valence-corrected chi connectivity index (χ2v) is 11.0. The van der Waals surface area contributed by atoms with Crippen LogP contribution in [0.2, 0.25) is 10.0 Å². The molecule has 5 rings (SSSR count). The highest BCUT2D eigenvalue weighted by atomic mass is 35.5. The van der Waals surface area contributed by atoms with Crippen molar-refractivity contribution in [1.82, 2.24) is 25.4 Å². The molecule has 2 aromatic heterocycles. The van der Waals surface area contributed by atoms with Gasteiger partial charge in [0, 0.05) is 30.7 Å². The van der Waals surface area contributed by atoms with Gasteiger partial charge >= 0.3 is 0 Å². The van der Waals surface area contributed by atoms with Gasteiger partial charge in [-0.15, -0.1) is 0 Å². The molecule has 2 amide bonds. The second kappa shape index (κ2) is 10.4. The fourth-order valence-electron chi connectivity index (χ4n) is 5.28. The number of carbonyl (C=O) groups is 2. The van der Waals surface area contributed by atoms with Crippen molar-refractivity contribution < 1.29 is 14.0 Å². The van der Waals surface area contributed by atoms with Gasteiger partial charge in [0.2, 0.25) is 11.8 Å². The normalized spacial score (nSPS) is 20.9. The van der Waals surface area contributed by atoms with Crippen LogP contribution in [-0.2, 0) is 16.1 Å². The van der Waals surface area contributed by atoms with E-state index in [1.807, 2.05) is 25.1 Å². The van der Waals surface area contributed by atoms with Crippen LogP contribution in [0.4, 0.5) is 4.39 Å². The van der Waals surface area contributed by atoms with Crippen molar-refractivity contribution in [3.63, 3.8) is 0 Å². The Labute approximate surface area is 224 Å². The lowest BCUT2D eigenvalue weighted by atomic mass is 9.77. The third kappa shape index (κ3) is 5.36. The van der Waals surface area contributed by atoms with Crippen molar-refractivity contribution in [2.75, 3.05) is 0 Å². The molecule has 2 N–H and O–H groups in total. The van der Waals surface area contributed by atoms with Gasteiger partial charge in [0.15, 0.2) is 5.82 Å². The van der Waals surface area contributed by atoms with E-state index in [1.54, 1.807) is 23.3 Å². The van der Waals surface area contributed by atoms with Crippen LogP contribution in [0.3, 0.4) is 0 Å². The summed E-state index contributed by atoms with van der Waals surface area (Å²) in [7, 11) is 0. The van der Waals surface area contributed by atoms with Gasteiger partial charge in [-0.1, -0.05) is 49.0 Å². The first kappa shape index (κ1) is 25.7. The number of carbonyl (C=O) groups excluding carboxylic acids is 2. The largest absolute Gasteiger partial charge is 0.352 e. The van der Waals surface area contributed by atoms with Gasteiger partial charge in [0.1, 0.15) is 5.82 Å². The number of amides is 2. The molecule has 0 unspecified atom stereocenters. The molecule has 2 heterocycles. The van der Waals surface area contributed by atoms with Gasteiger partial charge in [-0.05, 0) is 54.5 Å². The molecule has 3 aromatic rings. The summed E-state index contributed by atoms with van der Waals surface area (Å²) in [6.45, 7) is 2.35. The number of hydrogen-bond acceptors (Lipinski definition) is 4. The second-order valence-electron chi connectivity index (χ2n) is 10.2. The van der Waals surface area contributed by atoms with Gasteiger partial charge in [0.25, 0.3) is 0 Å². The fourth-order valence-corrected chi connectivity index (χ4v) is 5.71. The summed E-state index contributed by atoms with van der Waals surface area (Å²) in [5, 5.41) is 10.4. The van der Waals surface area contributed by atoms with Gasteiger partial charge in [-0.2, -0.15) is 5.10 Å². The van der Waals surface area contributed by atoms with Crippen molar-refractivity contribution in [2.24, 2.45) is 17.3 Å². The van der Waals surface area contributed by atoms with E-state index in [-0.39, 0.29) is 32.8 Å². The highest BCUT2D eigenvalue weighted by Crippen LogP contribution is 2.50. The Kier molecular flexibility index (Phi) is 7.23. The average molecular weight is 544 g/mol. The SMILES string of the molecule is CC1([C@H](NC(=O)[C@H]2C[C@@H]2C(=O)NCc2ccc(-n3cccn3)nc2)c2c(F)ccc(Cl)c2Cl)CCCC1. The molecule has 0 aliphatic heterocycles. The summed E-state index contributed by atoms with van der Waals surface area (Å²) in [6, 6.07) is 7.58. The molecule has 2 aliphatic rings. The van der Waals surface area contributed by atoms with E-state index >= 15 is 0 Å². The minimum Gasteiger partial charge on any atom is -0.352 e. The van der Waals surface area contributed by atoms with E-state index in [9.17, 15) is 14.0 Å². The van der Waals surface area contributed by atoms with E-state index in [4.69, 9.17) is 23.2 Å². The smallest absolute Gasteiger partial charge is 0.224 e. The summed E-state index contributed by atoms with van der Waals surface area (Å²) < 4.78 is 16.6.